The van der Waals surface area contributed by atoms with E-state index in [0.29, 0.717) is 12.1 Å². The van der Waals surface area contributed by atoms with Crippen molar-refractivity contribution in [1.29, 1.82) is 0 Å². The molecule has 0 bridgehead atoms. The topological polar surface area (TPSA) is 37.3 Å². The zero-order valence-electron chi connectivity index (χ0n) is 7.52. The van der Waals surface area contributed by atoms with Gasteiger partial charge in [-0.3, -0.25) is 4.79 Å². The second kappa shape index (κ2) is 3.52. The molecular weight excluding hydrogens is 216 g/mol. The molecule has 0 aliphatic carbocycles. The van der Waals surface area contributed by atoms with Crippen LogP contribution in [-0.4, -0.2) is 10.9 Å². The predicted molar refractivity (Wildman–Crippen MR) is 43.1 cm³/mol. The molecule has 0 unspecified atom stereocenters. The van der Waals surface area contributed by atoms with Gasteiger partial charge >= 0.3 is 6.18 Å². The van der Waals surface area contributed by atoms with Crippen molar-refractivity contribution in [2.75, 3.05) is 0 Å². The molecule has 1 aromatic rings. The van der Waals surface area contributed by atoms with E-state index in [1.807, 2.05) is 0 Å². The summed E-state index contributed by atoms with van der Waals surface area (Å²) in [6, 6.07) is 1.03. The Morgan fingerprint density at radius 2 is 1.87 bits per heavy atom. The highest BCUT2D eigenvalue weighted by Crippen LogP contribution is 2.35. The molecule has 2 nitrogen and oxygen atoms in total. The van der Waals surface area contributed by atoms with Crippen LogP contribution in [0.3, 0.4) is 0 Å². The van der Waals surface area contributed by atoms with Crippen LogP contribution in [0.25, 0.3) is 0 Å². The van der Waals surface area contributed by atoms with Crippen molar-refractivity contribution in [3.05, 3.63) is 29.1 Å². The molecular formula is C9H6F4O2. The van der Waals surface area contributed by atoms with Crippen LogP contribution < -0.4 is 0 Å². The van der Waals surface area contributed by atoms with Crippen LogP contribution in [0.4, 0.5) is 17.6 Å². The molecule has 0 aromatic heterocycles. The van der Waals surface area contributed by atoms with Crippen LogP contribution in [0.15, 0.2) is 12.1 Å². The molecule has 0 atom stereocenters. The summed E-state index contributed by atoms with van der Waals surface area (Å²) in [7, 11) is 0. The fraction of sp³-hybridized carbons (Fsp3) is 0.222. The third-order valence-corrected chi connectivity index (χ3v) is 1.77. The fourth-order valence-electron chi connectivity index (χ4n) is 1.02. The molecule has 0 amide bonds. The molecule has 0 heterocycles. The van der Waals surface area contributed by atoms with Crippen LogP contribution >= 0.6 is 0 Å². The van der Waals surface area contributed by atoms with Gasteiger partial charge in [0.1, 0.15) is 0 Å². The van der Waals surface area contributed by atoms with E-state index >= 15 is 0 Å². The van der Waals surface area contributed by atoms with Gasteiger partial charge in [-0.15, -0.1) is 0 Å². The van der Waals surface area contributed by atoms with Crippen molar-refractivity contribution in [1.82, 2.24) is 0 Å². The number of phenolic OH excluding ortho intramolecular Hbond substituents is 1. The van der Waals surface area contributed by atoms with Crippen LogP contribution in [0.2, 0.25) is 0 Å². The van der Waals surface area contributed by atoms with Crippen molar-refractivity contribution in [3.8, 4) is 5.75 Å². The summed E-state index contributed by atoms with van der Waals surface area (Å²) >= 11 is 0. The van der Waals surface area contributed by atoms with Gasteiger partial charge in [0.15, 0.2) is 17.3 Å². The Labute approximate surface area is 82.1 Å². The minimum absolute atomic E-state index is 0.372. The van der Waals surface area contributed by atoms with Crippen LogP contribution in [0, 0.1) is 5.82 Å². The van der Waals surface area contributed by atoms with Crippen molar-refractivity contribution >= 4 is 5.78 Å². The van der Waals surface area contributed by atoms with E-state index in [1.165, 1.54) is 0 Å². The number of benzene rings is 1. The Balaban J connectivity index is 3.45. The average molecular weight is 222 g/mol. The number of aromatic hydroxyl groups is 1. The second-order valence-electron chi connectivity index (χ2n) is 2.91. The smallest absolute Gasteiger partial charge is 0.419 e. The van der Waals surface area contributed by atoms with Crippen molar-refractivity contribution in [2.45, 2.75) is 13.1 Å². The maximum atomic E-state index is 12.9. The highest BCUT2D eigenvalue weighted by Gasteiger charge is 2.36. The number of Topliss-reactive ketones (excluding diaryl/α,β-unsaturated/α-hetero) is 1. The van der Waals surface area contributed by atoms with Gasteiger partial charge in [-0.25, -0.2) is 4.39 Å². The lowest BCUT2D eigenvalue weighted by Gasteiger charge is -2.10. The van der Waals surface area contributed by atoms with Crippen molar-refractivity contribution in [2.24, 2.45) is 0 Å². The Morgan fingerprint density at radius 1 is 1.33 bits per heavy atom. The van der Waals surface area contributed by atoms with Gasteiger partial charge in [-0.2, -0.15) is 13.2 Å². The Morgan fingerprint density at radius 3 is 2.27 bits per heavy atom. The number of hydrogen-bond acceptors (Lipinski definition) is 2. The maximum absolute atomic E-state index is 12.9. The molecule has 0 radical (unpaired) electrons. The SMILES string of the molecule is CC(=O)c1cc(O)c(F)c(C(F)(F)F)c1. The Hall–Kier alpha value is -1.59. The van der Waals surface area contributed by atoms with Gasteiger partial charge in [0.25, 0.3) is 0 Å². The van der Waals surface area contributed by atoms with Crippen LogP contribution in [-0.2, 0) is 6.18 Å². The number of halogens is 4. The zero-order chi connectivity index (χ0) is 11.8. The van der Waals surface area contributed by atoms with Gasteiger partial charge in [0, 0.05) is 5.56 Å². The number of rotatable bonds is 1. The van der Waals surface area contributed by atoms with E-state index in [9.17, 15) is 22.4 Å². The van der Waals surface area contributed by atoms with Crippen molar-refractivity contribution < 1.29 is 27.5 Å². The number of ketones is 1. The number of carbonyl (C=O) groups is 1. The molecule has 0 aliphatic heterocycles. The Kier molecular flexibility index (Phi) is 2.70. The van der Waals surface area contributed by atoms with Crippen LogP contribution in [0.5, 0.6) is 5.75 Å². The molecule has 0 saturated heterocycles. The molecule has 6 heteroatoms. The molecule has 0 saturated carbocycles. The quantitative estimate of drug-likeness (QED) is 0.586. The molecule has 82 valence electrons. The molecule has 1 rings (SSSR count). The number of phenols is 1. The molecule has 0 fully saturated rings. The highest BCUT2D eigenvalue weighted by atomic mass is 19.4. The van der Waals surface area contributed by atoms with E-state index in [1.54, 1.807) is 0 Å². The monoisotopic (exact) mass is 222 g/mol. The summed E-state index contributed by atoms with van der Waals surface area (Å²) in [4.78, 5) is 10.8. The van der Waals surface area contributed by atoms with Gasteiger partial charge in [-0.1, -0.05) is 0 Å². The predicted octanol–water partition coefficient (Wildman–Crippen LogP) is 2.75. The van der Waals surface area contributed by atoms with Gasteiger partial charge in [0.05, 0.1) is 5.56 Å². The third-order valence-electron chi connectivity index (χ3n) is 1.77. The summed E-state index contributed by atoms with van der Waals surface area (Å²) in [5.41, 5.74) is -2.03. The molecule has 1 aromatic carbocycles. The van der Waals surface area contributed by atoms with E-state index in [-0.39, 0.29) is 5.56 Å². The van der Waals surface area contributed by atoms with Gasteiger partial charge in [-0.05, 0) is 19.1 Å². The molecule has 15 heavy (non-hydrogen) atoms. The maximum Gasteiger partial charge on any atom is 0.419 e. The molecule has 0 aliphatic rings. The third kappa shape index (κ3) is 2.26. The summed E-state index contributed by atoms with van der Waals surface area (Å²) in [5.74, 6) is -3.64. The first-order valence-electron chi connectivity index (χ1n) is 3.84. The zero-order valence-corrected chi connectivity index (χ0v) is 7.52. The standard InChI is InChI=1S/C9H6F4O2/c1-4(14)5-2-6(9(11,12)13)8(10)7(15)3-5/h2-3,15H,1H3. The summed E-state index contributed by atoms with van der Waals surface area (Å²) in [6.07, 6.45) is -4.94. The number of alkyl halides is 3. The first-order chi connectivity index (χ1) is 6.73. The number of hydrogen-bond donors (Lipinski definition) is 1. The second-order valence-corrected chi connectivity index (χ2v) is 2.91. The Bertz CT molecular complexity index is 409. The normalized spacial score (nSPS) is 11.5. The van der Waals surface area contributed by atoms with E-state index in [4.69, 9.17) is 5.11 Å². The molecule has 1 N–H and O–H groups in total. The van der Waals surface area contributed by atoms with Gasteiger partial charge < -0.3 is 5.11 Å². The lowest BCUT2D eigenvalue weighted by molar-refractivity contribution is -0.140. The minimum Gasteiger partial charge on any atom is -0.505 e. The fourth-order valence-corrected chi connectivity index (χ4v) is 1.02. The van der Waals surface area contributed by atoms with E-state index < -0.39 is 29.1 Å². The van der Waals surface area contributed by atoms with Crippen molar-refractivity contribution in [3.63, 3.8) is 0 Å². The summed E-state index contributed by atoms with van der Waals surface area (Å²) in [6.45, 7) is 1.02. The largest absolute Gasteiger partial charge is 0.505 e. The molecule has 0 spiro atoms. The average Bonchev–Trinajstić information content (AvgIpc) is 2.06. The first-order valence-corrected chi connectivity index (χ1v) is 3.84. The van der Waals surface area contributed by atoms with Crippen LogP contribution in [0.1, 0.15) is 22.8 Å². The minimum atomic E-state index is -4.94. The lowest BCUT2D eigenvalue weighted by Crippen LogP contribution is -2.10. The first kappa shape index (κ1) is 11.5. The van der Waals surface area contributed by atoms with E-state index in [0.717, 1.165) is 6.92 Å². The highest BCUT2D eigenvalue weighted by molar-refractivity contribution is 5.94. The number of carbonyl (C=O) groups excluding carboxylic acids is 1. The van der Waals surface area contributed by atoms with E-state index in [2.05, 4.69) is 0 Å². The lowest BCUT2D eigenvalue weighted by atomic mass is 10.1. The summed E-state index contributed by atoms with van der Waals surface area (Å²) < 4.78 is 49.5. The summed E-state index contributed by atoms with van der Waals surface area (Å²) in [5, 5.41) is 8.87. The van der Waals surface area contributed by atoms with Gasteiger partial charge in [0.2, 0.25) is 0 Å².